The van der Waals surface area contributed by atoms with Gasteiger partial charge < -0.3 is 19.9 Å². The van der Waals surface area contributed by atoms with Gasteiger partial charge in [-0.15, -0.1) is 0 Å². The number of ether oxygens (including phenoxy) is 2. The fraction of sp³-hybridized carbons (Fsp3) is 0.600. The van der Waals surface area contributed by atoms with Crippen LogP contribution in [0.15, 0.2) is 18.2 Å². The van der Waals surface area contributed by atoms with Crippen molar-refractivity contribution in [2.45, 2.75) is 33.0 Å². The minimum Gasteiger partial charge on any atom is -0.389 e. The van der Waals surface area contributed by atoms with Crippen molar-refractivity contribution in [2.75, 3.05) is 31.7 Å². The predicted molar refractivity (Wildman–Crippen MR) is 77.5 cm³/mol. The van der Waals surface area contributed by atoms with Crippen molar-refractivity contribution in [1.29, 1.82) is 0 Å². The van der Waals surface area contributed by atoms with Crippen molar-refractivity contribution < 1.29 is 19.0 Å². The summed E-state index contributed by atoms with van der Waals surface area (Å²) in [6, 6.07) is 4.89. The molecular formula is C15H24FNO3. The smallest absolute Gasteiger partial charge is 0.128 e. The minimum atomic E-state index is -0.640. The van der Waals surface area contributed by atoms with Crippen LogP contribution < -0.4 is 5.32 Å². The maximum atomic E-state index is 13.3. The molecule has 1 aromatic carbocycles. The zero-order valence-electron chi connectivity index (χ0n) is 12.4. The molecule has 0 bridgehead atoms. The van der Waals surface area contributed by atoms with Gasteiger partial charge in [0.15, 0.2) is 0 Å². The lowest BCUT2D eigenvalue weighted by Crippen LogP contribution is -2.26. The number of rotatable bonds is 9. The van der Waals surface area contributed by atoms with Crippen LogP contribution in [0.3, 0.4) is 0 Å². The van der Waals surface area contributed by atoms with Gasteiger partial charge in [0.25, 0.3) is 0 Å². The zero-order chi connectivity index (χ0) is 15.0. The van der Waals surface area contributed by atoms with E-state index >= 15 is 0 Å². The Bertz CT molecular complexity index is 399. The van der Waals surface area contributed by atoms with Gasteiger partial charge in [0.2, 0.25) is 0 Å². The van der Waals surface area contributed by atoms with E-state index in [1.165, 1.54) is 6.07 Å². The van der Waals surface area contributed by atoms with Gasteiger partial charge in [-0.25, -0.2) is 4.39 Å². The molecule has 5 heteroatoms. The highest BCUT2D eigenvalue weighted by Gasteiger charge is 2.05. The van der Waals surface area contributed by atoms with Crippen molar-refractivity contribution in [2.24, 2.45) is 0 Å². The normalized spacial score (nSPS) is 12.7. The summed E-state index contributed by atoms with van der Waals surface area (Å²) in [5, 5.41) is 12.7. The number of aryl methyl sites for hydroxylation is 1. The van der Waals surface area contributed by atoms with Gasteiger partial charge >= 0.3 is 0 Å². The maximum Gasteiger partial charge on any atom is 0.128 e. The van der Waals surface area contributed by atoms with Crippen molar-refractivity contribution >= 4 is 5.69 Å². The second-order valence-electron chi connectivity index (χ2n) is 4.99. The van der Waals surface area contributed by atoms with Gasteiger partial charge in [-0.3, -0.25) is 0 Å². The summed E-state index contributed by atoms with van der Waals surface area (Å²) in [5.74, 6) is -0.258. The third-order valence-electron chi connectivity index (χ3n) is 2.70. The highest BCUT2D eigenvalue weighted by Crippen LogP contribution is 2.13. The number of aliphatic hydroxyl groups is 1. The van der Waals surface area contributed by atoms with E-state index in [0.29, 0.717) is 31.0 Å². The van der Waals surface area contributed by atoms with Gasteiger partial charge in [0.05, 0.1) is 32.0 Å². The van der Waals surface area contributed by atoms with Crippen LogP contribution >= 0.6 is 0 Å². The molecule has 0 aliphatic carbocycles. The minimum absolute atomic E-state index is 0.182. The Balaban J connectivity index is 2.16. The molecule has 20 heavy (non-hydrogen) atoms. The van der Waals surface area contributed by atoms with Crippen LogP contribution in [0.4, 0.5) is 10.1 Å². The molecule has 1 aromatic rings. The molecular weight excluding hydrogens is 261 g/mol. The predicted octanol–water partition coefficient (Wildman–Crippen LogP) is 2.35. The first-order valence-electron chi connectivity index (χ1n) is 6.86. The first-order chi connectivity index (χ1) is 9.49. The second kappa shape index (κ2) is 8.89. The Hall–Kier alpha value is -1.17. The number of hydrogen-bond acceptors (Lipinski definition) is 4. The summed E-state index contributed by atoms with van der Waals surface area (Å²) in [6.45, 7) is 7.13. The van der Waals surface area contributed by atoms with Gasteiger partial charge in [0.1, 0.15) is 5.82 Å². The highest BCUT2D eigenvalue weighted by molar-refractivity contribution is 5.45. The Morgan fingerprint density at radius 3 is 2.70 bits per heavy atom. The highest BCUT2D eigenvalue weighted by atomic mass is 19.1. The first-order valence-corrected chi connectivity index (χ1v) is 6.86. The van der Waals surface area contributed by atoms with E-state index in [4.69, 9.17) is 9.47 Å². The molecule has 0 aromatic heterocycles. The molecule has 1 rings (SSSR count). The summed E-state index contributed by atoms with van der Waals surface area (Å²) in [5.41, 5.74) is 1.25. The molecule has 2 N–H and O–H groups in total. The maximum absolute atomic E-state index is 13.3. The van der Waals surface area contributed by atoms with E-state index in [0.717, 1.165) is 0 Å². The monoisotopic (exact) mass is 285 g/mol. The van der Waals surface area contributed by atoms with E-state index in [1.54, 1.807) is 19.1 Å². The Kier molecular flexibility index (Phi) is 7.51. The van der Waals surface area contributed by atoms with Crippen molar-refractivity contribution in [3.63, 3.8) is 0 Å². The topological polar surface area (TPSA) is 50.7 Å². The van der Waals surface area contributed by atoms with E-state index in [9.17, 15) is 9.50 Å². The number of nitrogens with one attached hydrogen (secondary N) is 1. The molecule has 0 aliphatic rings. The zero-order valence-corrected chi connectivity index (χ0v) is 12.4. The molecule has 0 amide bonds. The third kappa shape index (κ3) is 6.84. The summed E-state index contributed by atoms with van der Waals surface area (Å²) in [7, 11) is 0. The van der Waals surface area contributed by atoms with Crippen LogP contribution in [0.2, 0.25) is 0 Å². The van der Waals surface area contributed by atoms with Crippen molar-refractivity contribution in [3.05, 3.63) is 29.6 Å². The average Bonchev–Trinajstić information content (AvgIpc) is 2.39. The van der Waals surface area contributed by atoms with Crippen LogP contribution in [0, 0.1) is 12.7 Å². The molecule has 0 aliphatic heterocycles. The first kappa shape index (κ1) is 16.9. The quantitative estimate of drug-likeness (QED) is 0.684. The van der Waals surface area contributed by atoms with Crippen molar-refractivity contribution in [3.8, 4) is 0 Å². The number of anilines is 1. The number of aliphatic hydroxyl groups excluding tert-OH is 1. The molecule has 0 radical (unpaired) electrons. The third-order valence-corrected chi connectivity index (χ3v) is 2.70. The van der Waals surface area contributed by atoms with Gasteiger partial charge in [-0.1, -0.05) is 6.07 Å². The Labute approximate surface area is 119 Å². The standard InChI is InChI=1S/C15H24FNO3/c1-11(2)20-7-6-19-10-14(18)9-17-13-5-4-12(3)15(16)8-13/h4-5,8,11,14,17-18H,6-7,9-10H2,1-3H3. The number of hydrogen-bond donors (Lipinski definition) is 2. The molecule has 0 heterocycles. The molecule has 0 spiro atoms. The summed E-state index contributed by atoms with van der Waals surface area (Å²) >= 11 is 0. The summed E-state index contributed by atoms with van der Waals surface area (Å²) in [6.07, 6.45) is -0.458. The van der Waals surface area contributed by atoms with Crippen LogP contribution in [-0.4, -0.2) is 43.7 Å². The molecule has 0 fully saturated rings. The van der Waals surface area contributed by atoms with E-state index in [2.05, 4.69) is 5.32 Å². The lowest BCUT2D eigenvalue weighted by molar-refractivity contribution is -0.00734. The lowest BCUT2D eigenvalue weighted by atomic mass is 10.2. The molecule has 0 saturated heterocycles. The van der Waals surface area contributed by atoms with E-state index in [1.807, 2.05) is 13.8 Å². The molecule has 114 valence electrons. The summed E-state index contributed by atoms with van der Waals surface area (Å²) in [4.78, 5) is 0. The van der Waals surface area contributed by atoms with E-state index in [-0.39, 0.29) is 18.5 Å². The fourth-order valence-electron chi connectivity index (χ4n) is 1.56. The number of benzene rings is 1. The molecule has 1 atom stereocenters. The van der Waals surface area contributed by atoms with Gasteiger partial charge in [0, 0.05) is 12.2 Å². The largest absolute Gasteiger partial charge is 0.389 e. The van der Waals surface area contributed by atoms with Crippen LogP contribution in [0.5, 0.6) is 0 Å². The molecule has 1 unspecified atom stereocenters. The van der Waals surface area contributed by atoms with Gasteiger partial charge in [-0.05, 0) is 38.5 Å². The average molecular weight is 285 g/mol. The molecule has 4 nitrogen and oxygen atoms in total. The van der Waals surface area contributed by atoms with E-state index < -0.39 is 6.10 Å². The SMILES string of the molecule is Cc1ccc(NCC(O)COCCOC(C)C)cc1F. The van der Waals surface area contributed by atoms with Crippen LogP contribution in [0.25, 0.3) is 0 Å². The Morgan fingerprint density at radius 2 is 2.05 bits per heavy atom. The van der Waals surface area contributed by atoms with Crippen LogP contribution in [-0.2, 0) is 9.47 Å². The number of halogens is 1. The Morgan fingerprint density at radius 1 is 1.30 bits per heavy atom. The second-order valence-corrected chi connectivity index (χ2v) is 4.99. The summed E-state index contributed by atoms with van der Waals surface area (Å²) < 4.78 is 23.9. The van der Waals surface area contributed by atoms with Crippen molar-refractivity contribution in [1.82, 2.24) is 0 Å². The van der Waals surface area contributed by atoms with Crippen LogP contribution in [0.1, 0.15) is 19.4 Å². The molecule has 0 saturated carbocycles. The van der Waals surface area contributed by atoms with Gasteiger partial charge in [-0.2, -0.15) is 0 Å². The fourth-order valence-corrected chi connectivity index (χ4v) is 1.56. The lowest BCUT2D eigenvalue weighted by Gasteiger charge is -2.14.